The molecule has 2 aromatic heterocycles. The van der Waals surface area contributed by atoms with Crippen LogP contribution in [0.4, 0.5) is 23.4 Å². The smallest absolute Gasteiger partial charge is 0.385 e. The molecule has 0 aliphatic rings. The molecule has 0 bridgehead atoms. The van der Waals surface area contributed by atoms with Crippen molar-refractivity contribution in [3.63, 3.8) is 0 Å². The fourth-order valence-corrected chi connectivity index (χ4v) is 3.56. The van der Waals surface area contributed by atoms with E-state index in [9.17, 15) is 27.5 Å². The van der Waals surface area contributed by atoms with Crippen molar-refractivity contribution >= 4 is 22.6 Å². The molecule has 1 unspecified atom stereocenters. The number of carbonyl (C=O) groups is 1. The van der Waals surface area contributed by atoms with Crippen molar-refractivity contribution in [2.24, 2.45) is 5.73 Å². The Morgan fingerprint density at radius 2 is 1.75 bits per heavy atom. The van der Waals surface area contributed by atoms with E-state index in [1.807, 2.05) is 0 Å². The Hall–Kier alpha value is -3.86. The van der Waals surface area contributed by atoms with E-state index in [0.29, 0.717) is 16.6 Å². The number of amides is 1. The third kappa shape index (κ3) is 3.46. The number of halogens is 4. The number of nitrogen functional groups attached to an aromatic ring is 1. The summed E-state index contributed by atoms with van der Waals surface area (Å²) in [6, 6.07) is 10.0. The van der Waals surface area contributed by atoms with Gasteiger partial charge >= 0.3 is 6.18 Å². The molecule has 4 aromatic rings. The van der Waals surface area contributed by atoms with Crippen LogP contribution in [0.15, 0.2) is 60.9 Å². The number of primary amides is 1. The van der Waals surface area contributed by atoms with Gasteiger partial charge in [-0.3, -0.25) is 4.79 Å². The Balaban J connectivity index is 1.83. The van der Waals surface area contributed by atoms with Gasteiger partial charge in [-0.2, -0.15) is 18.3 Å². The number of nitrogens with two attached hydrogens (primary N) is 2. The summed E-state index contributed by atoms with van der Waals surface area (Å²) in [5.41, 5.74) is 7.34. The van der Waals surface area contributed by atoms with E-state index >= 15 is 0 Å². The molecule has 0 aliphatic heterocycles. The highest BCUT2D eigenvalue weighted by atomic mass is 19.4. The number of carbonyl (C=O) groups excluding carboxylic acids is 1. The molecule has 7 nitrogen and oxygen atoms in total. The summed E-state index contributed by atoms with van der Waals surface area (Å²) in [6.07, 6.45) is -2.83. The van der Waals surface area contributed by atoms with Crippen molar-refractivity contribution in [2.75, 3.05) is 5.73 Å². The van der Waals surface area contributed by atoms with Gasteiger partial charge in [-0.25, -0.2) is 9.07 Å². The minimum atomic E-state index is -5.11. The second kappa shape index (κ2) is 7.38. The Bertz CT molecular complexity index is 1310. The first-order chi connectivity index (χ1) is 15.0. The van der Waals surface area contributed by atoms with Crippen LogP contribution in [-0.4, -0.2) is 31.5 Å². The second-order valence-electron chi connectivity index (χ2n) is 7.26. The molecule has 0 spiro atoms. The maximum atomic E-state index is 14.1. The van der Waals surface area contributed by atoms with Gasteiger partial charge in [0.05, 0.1) is 17.4 Å². The second-order valence-corrected chi connectivity index (χ2v) is 7.26. The maximum Gasteiger partial charge on any atom is 0.425 e. The fraction of sp³-hybridized carbons (Fsp3) is 0.143. The number of alkyl halides is 3. The first-order valence-corrected chi connectivity index (χ1v) is 9.28. The van der Waals surface area contributed by atoms with Gasteiger partial charge in [-0.05, 0) is 48.0 Å². The summed E-state index contributed by atoms with van der Waals surface area (Å²) >= 11 is 0. The first kappa shape index (κ1) is 21.4. The van der Waals surface area contributed by atoms with Gasteiger partial charge in [0, 0.05) is 17.1 Å². The molecular formula is C21H17F4N5O2. The summed E-state index contributed by atoms with van der Waals surface area (Å²) in [5.74, 6) is -1.40. The Morgan fingerprint density at radius 3 is 2.38 bits per heavy atom. The number of aromatic nitrogens is 3. The van der Waals surface area contributed by atoms with E-state index in [1.165, 1.54) is 41.2 Å². The lowest BCUT2D eigenvalue weighted by Gasteiger charge is -2.30. The van der Waals surface area contributed by atoms with Gasteiger partial charge in [0.15, 0.2) is 0 Å². The van der Waals surface area contributed by atoms with Gasteiger partial charge < -0.3 is 21.1 Å². The summed E-state index contributed by atoms with van der Waals surface area (Å²) < 4.78 is 58.1. The monoisotopic (exact) mass is 447 g/mol. The van der Waals surface area contributed by atoms with E-state index in [4.69, 9.17) is 11.5 Å². The Morgan fingerprint density at radius 1 is 1.06 bits per heavy atom. The number of rotatable bonds is 5. The fourth-order valence-electron chi connectivity index (χ4n) is 3.56. The molecular weight excluding hydrogens is 430 g/mol. The topological polar surface area (TPSA) is 112 Å². The van der Waals surface area contributed by atoms with Crippen LogP contribution in [0.2, 0.25) is 0 Å². The van der Waals surface area contributed by atoms with Crippen LogP contribution < -0.4 is 11.5 Å². The molecule has 0 radical (unpaired) electrons. The van der Waals surface area contributed by atoms with Crippen LogP contribution in [0, 0.1) is 5.82 Å². The molecule has 4 rings (SSSR count). The number of benzene rings is 2. The standard InChI is InChI=1S/C21H17F4N5O2/c22-15-2-4-16(5-3-15)30-17-6-1-13(7-12(17)9-28-30)20(32,21(23,24)25)14-8-18(26)29(10-14)11-19(27)31/h1-10,32H,11,26H2,(H2,27,31). The zero-order chi connectivity index (χ0) is 23.3. The minimum absolute atomic E-state index is 0.160. The van der Waals surface area contributed by atoms with Gasteiger partial charge in [0.2, 0.25) is 11.5 Å². The number of hydrogen-bond acceptors (Lipinski definition) is 4. The van der Waals surface area contributed by atoms with Crippen LogP contribution in [0.3, 0.4) is 0 Å². The highest BCUT2D eigenvalue weighted by Gasteiger charge is 2.57. The van der Waals surface area contributed by atoms with E-state index < -0.39 is 41.2 Å². The quantitative estimate of drug-likeness (QED) is 0.409. The van der Waals surface area contributed by atoms with Crippen LogP contribution in [-0.2, 0) is 16.9 Å². The van der Waals surface area contributed by atoms with Crippen LogP contribution in [0.1, 0.15) is 11.1 Å². The zero-order valence-electron chi connectivity index (χ0n) is 16.3. The molecule has 5 N–H and O–H groups in total. The zero-order valence-corrected chi connectivity index (χ0v) is 16.3. The summed E-state index contributed by atoms with van der Waals surface area (Å²) in [7, 11) is 0. The van der Waals surface area contributed by atoms with E-state index in [1.54, 1.807) is 0 Å². The van der Waals surface area contributed by atoms with Gasteiger partial charge in [0.25, 0.3) is 0 Å². The summed E-state index contributed by atoms with van der Waals surface area (Å²) in [4.78, 5) is 11.2. The average Bonchev–Trinajstić information content (AvgIpc) is 3.30. The normalized spacial score (nSPS) is 13.9. The minimum Gasteiger partial charge on any atom is -0.385 e. The molecule has 32 heavy (non-hydrogen) atoms. The van der Waals surface area contributed by atoms with Crippen molar-refractivity contribution in [1.82, 2.24) is 14.3 Å². The van der Waals surface area contributed by atoms with E-state index in [2.05, 4.69) is 5.10 Å². The van der Waals surface area contributed by atoms with Crippen molar-refractivity contribution in [3.8, 4) is 5.69 Å². The molecule has 2 heterocycles. The van der Waals surface area contributed by atoms with Gasteiger partial charge in [0.1, 0.15) is 18.2 Å². The third-order valence-electron chi connectivity index (χ3n) is 5.14. The molecule has 0 aliphatic carbocycles. The Kier molecular flexibility index (Phi) is 4.93. The number of anilines is 1. The van der Waals surface area contributed by atoms with Crippen LogP contribution in [0.5, 0.6) is 0 Å². The summed E-state index contributed by atoms with van der Waals surface area (Å²) in [5, 5.41) is 15.4. The first-order valence-electron chi connectivity index (χ1n) is 9.28. The number of aliphatic hydroxyl groups is 1. The molecule has 0 saturated heterocycles. The largest absolute Gasteiger partial charge is 0.425 e. The van der Waals surface area contributed by atoms with Crippen molar-refractivity contribution in [3.05, 3.63) is 77.9 Å². The lowest BCUT2D eigenvalue weighted by atomic mass is 9.86. The molecule has 1 amide bonds. The number of nitrogens with zero attached hydrogens (tertiary/aromatic N) is 3. The molecule has 0 saturated carbocycles. The molecule has 11 heteroatoms. The molecule has 0 fully saturated rings. The average molecular weight is 447 g/mol. The van der Waals surface area contributed by atoms with Gasteiger partial charge in [-0.1, -0.05) is 6.07 Å². The number of hydrogen-bond donors (Lipinski definition) is 3. The molecule has 166 valence electrons. The van der Waals surface area contributed by atoms with Crippen molar-refractivity contribution in [1.29, 1.82) is 0 Å². The highest BCUT2D eigenvalue weighted by molar-refractivity contribution is 5.81. The van der Waals surface area contributed by atoms with Crippen LogP contribution in [0.25, 0.3) is 16.6 Å². The maximum absolute atomic E-state index is 14.1. The van der Waals surface area contributed by atoms with Crippen molar-refractivity contribution < 1.29 is 27.5 Å². The number of fused-ring (bicyclic) bond motifs is 1. The van der Waals surface area contributed by atoms with E-state index in [-0.39, 0.29) is 5.82 Å². The van der Waals surface area contributed by atoms with E-state index in [0.717, 1.165) is 29.0 Å². The molecule has 2 aromatic carbocycles. The lowest BCUT2D eigenvalue weighted by molar-refractivity contribution is -0.248. The van der Waals surface area contributed by atoms with Gasteiger partial charge in [-0.15, -0.1) is 0 Å². The van der Waals surface area contributed by atoms with Crippen molar-refractivity contribution in [2.45, 2.75) is 18.3 Å². The summed E-state index contributed by atoms with van der Waals surface area (Å²) in [6.45, 7) is -0.441. The lowest BCUT2D eigenvalue weighted by Crippen LogP contribution is -2.43. The Labute approximate surface area is 178 Å². The van der Waals surface area contributed by atoms with Crippen LogP contribution >= 0.6 is 0 Å². The predicted octanol–water partition coefficient (Wildman–Crippen LogP) is 2.83. The molecule has 1 atom stereocenters. The highest BCUT2D eigenvalue weighted by Crippen LogP contribution is 2.45. The SMILES string of the molecule is NC(=O)Cn1cc(C(O)(c2ccc3c(cnn3-c3ccc(F)cc3)c2)C(F)(F)F)cc1N. The third-order valence-corrected chi connectivity index (χ3v) is 5.14. The predicted molar refractivity (Wildman–Crippen MR) is 108 cm³/mol.